The molecule has 1 heteroatoms. The van der Waals surface area contributed by atoms with Gasteiger partial charge in [0.1, 0.15) is 0 Å². The molecule has 5 aromatic carbocycles. The van der Waals surface area contributed by atoms with Crippen LogP contribution in [-0.2, 0) is 38.1 Å². The van der Waals surface area contributed by atoms with E-state index in [-0.39, 0.29) is 45.6 Å². The summed E-state index contributed by atoms with van der Waals surface area (Å²) in [6.07, 6.45) is 0. The zero-order valence-corrected chi connectivity index (χ0v) is 19.8. The average Bonchev–Trinajstić information content (AvgIpc) is 3.20. The van der Waals surface area contributed by atoms with Crippen LogP contribution in [0.15, 0.2) is 91.0 Å². The van der Waals surface area contributed by atoms with Crippen LogP contribution >= 0.6 is 0 Å². The molecule has 1 spiro atoms. The predicted octanol–water partition coefficient (Wildman–Crippen LogP) is 7.30. The molecule has 141 valence electrons. The van der Waals surface area contributed by atoms with Crippen molar-refractivity contribution in [3.8, 4) is 11.1 Å². The summed E-state index contributed by atoms with van der Waals surface area (Å²) in [5, 5.41) is 5.41. The van der Waals surface area contributed by atoms with E-state index in [1.54, 1.807) is 0 Å². The molecule has 0 nitrogen and oxygen atoms in total. The molecule has 0 N–H and O–H groups in total. The van der Waals surface area contributed by atoms with Gasteiger partial charge in [0.05, 0.1) is 5.41 Å². The van der Waals surface area contributed by atoms with E-state index in [1.807, 2.05) is 0 Å². The molecule has 0 fully saturated rings. The first-order valence-corrected chi connectivity index (χ1v) is 9.82. The van der Waals surface area contributed by atoms with Gasteiger partial charge in [0, 0.05) is 32.7 Å². The largest absolute Gasteiger partial charge is 0.358 e. The normalized spacial score (nSPS) is 13.9. The van der Waals surface area contributed by atoms with Gasteiger partial charge in [0.2, 0.25) is 0 Å². The molecule has 0 saturated carbocycles. The van der Waals surface area contributed by atoms with Gasteiger partial charge in [-0.15, -0.1) is 0 Å². The zero-order chi connectivity index (χ0) is 18.5. The fraction of sp³-hybridized carbons (Fsp3) is 0.0345. The summed E-state index contributed by atoms with van der Waals surface area (Å²) in [5.74, 6) is 0. The minimum Gasteiger partial charge on any atom is -0.358 e. The summed E-state index contributed by atoms with van der Waals surface area (Å²) in [4.78, 5) is 0. The molecule has 0 aliphatic heterocycles. The van der Waals surface area contributed by atoms with Crippen molar-refractivity contribution < 1.29 is 32.7 Å². The summed E-state index contributed by atoms with van der Waals surface area (Å²) < 4.78 is 0. The van der Waals surface area contributed by atoms with Crippen LogP contribution in [0.3, 0.4) is 0 Å². The molecule has 0 heterocycles. The maximum Gasteiger partial charge on any atom is 0.0614 e. The maximum atomic E-state index is 4.32. The third kappa shape index (κ3) is 2.06. The van der Waals surface area contributed by atoms with Crippen molar-refractivity contribution in [2.24, 2.45) is 0 Å². The Morgan fingerprint density at radius 2 is 1.10 bits per heavy atom. The number of benzene rings is 5. The second-order valence-electron chi connectivity index (χ2n) is 8.05. The van der Waals surface area contributed by atoms with Crippen LogP contribution in [0.1, 0.15) is 27.8 Å². The second-order valence-corrected chi connectivity index (χ2v) is 8.05. The Bertz CT molecular complexity index is 1430. The van der Waals surface area contributed by atoms with Gasteiger partial charge in [-0.1, -0.05) is 89.8 Å². The second kappa shape index (κ2) is 6.54. The van der Waals surface area contributed by atoms with Gasteiger partial charge in [-0.3, -0.25) is 0 Å². The quantitative estimate of drug-likeness (QED) is 0.166. The maximum absolute atomic E-state index is 4.32. The Balaban J connectivity index is 0.000000963. The van der Waals surface area contributed by atoms with Crippen molar-refractivity contribution in [3.05, 3.63) is 133 Å². The van der Waals surface area contributed by atoms with E-state index in [9.17, 15) is 0 Å². The fourth-order valence-corrected chi connectivity index (χ4v) is 5.87. The van der Waals surface area contributed by atoms with E-state index in [1.165, 1.54) is 54.9 Å². The topological polar surface area (TPSA) is 0 Å². The van der Waals surface area contributed by atoms with Gasteiger partial charge in [-0.25, -0.2) is 0 Å². The Hall–Kier alpha value is -2.41. The number of rotatable bonds is 0. The minimum absolute atomic E-state index is 0. The van der Waals surface area contributed by atoms with Gasteiger partial charge in [0.15, 0.2) is 0 Å². The third-order valence-electron chi connectivity index (χ3n) is 6.78. The summed E-state index contributed by atoms with van der Waals surface area (Å²) in [7, 11) is 0. The van der Waals surface area contributed by atoms with E-state index in [4.69, 9.17) is 0 Å². The van der Waals surface area contributed by atoms with Gasteiger partial charge in [-0.2, -0.15) is 24.6 Å². The van der Waals surface area contributed by atoms with Gasteiger partial charge < -0.3 is 7.43 Å². The molecule has 7 rings (SSSR count). The SMILES string of the molecule is [CH2-]c1cc2c3c(ccc4cccc(c43)C23c2ccccc2-c2ccccc23)c1.[CH3-].[Y]. The molecule has 0 amide bonds. The van der Waals surface area contributed by atoms with Crippen LogP contribution in [0.25, 0.3) is 32.7 Å². The van der Waals surface area contributed by atoms with E-state index in [2.05, 4.69) is 97.9 Å². The van der Waals surface area contributed by atoms with E-state index < -0.39 is 0 Å². The van der Waals surface area contributed by atoms with Crippen LogP contribution in [-0.4, -0.2) is 0 Å². The number of hydrogen-bond acceptors (Lipinski definition) is 0. The molecule has 1 radical (unpaired) electrons. The van der Waals surface area contributed by atoms with Crippen molar-refractivity contribution in [2.45, 2.75) is 5.41 Å². The fourth-order valence-electron chi connectivity index (χ4n) is 5.87. The van der Waals surface area contributed by atoms with Gasteiger partial charge >= 0.3 is 0 Å². The minimum atomic E-state index is -0.248. The Labute approximate surface area is 202 Å². The number of hydrogen-bond donors (Lipinski definition) is 0. The van der Waals surface area contributed by atoms with Crippen molar-refractivity contribution >= 4 is 21.5 Å². The molecule has 2 aliphatic carbocycles. The molecule has 0 aromatic heterocycles. The molecule has 5 aromatic rings. The van der Waals surface area contributed by atoms with Gasteiger partial charge in [-0.05, 0) is 44.0 Å². The van der Waals surface area contributed by atoms with Crippen LogP contribution in [0.2, 0.25) is 0 Å². The molecule has 0 atom stereocenters. The Kier molecular flexibility index (Phi) is 4.26. The molecule has 2 aliphatic rings. The molecular weight excluding hydrogens is 437 g/mol. The summed E-state index contributed by atoms with van der Waals surface area (Å²) in [6.45, 7) is 4.32. The Morgan fingerprint density at radius 3 is 1.80 bits per heavy atom. The first-order chi connectivity index (χ1) is 13.8. The number of fused-ring (bicyclic) bond motifs is 7. The van der Waals surface area contributed by atoms with Crippen molar-refractivity contribution in [1.82, 2.24) is 0 Å². The first-order valence-electron chi connectivity index (χ1n) is 9.82. The average molecular weight is 457 g/mol. The van der Waals surface area contributed by atoms with E-state index in [0.29, 0.717) is 0 Å². The predicted molar refractivity (Wildman–Crippen MR) is 123 cm³/mol. The third-order valence-corrected chi connectivity index (χ3v) is 6.78. The first kappa shape index (κ1) is 19.6. The van der Waals surface area contributed by atoms with Crippen molar-refractivity contribution in [3.63, 3.8) is 0 Å². The summed E-state index contributed by atoms with van der Waals surface area (Å²) >= 11 is 0. The molecule has 0 saturated heterocycles. The Morgan fingerprint density at radius 1 is 0.533 bits per heavy atom. The molecular formula is C29H20Y-2. The summed E-state index contributed by atoms with van der Waals surface area (Å²) in [6, 6.07) is 33.7. The van der Waals surface area contributed by atoms with E-state index in [0.717, 1.165) is 5.56 Å². The standard InChI is InChI=1S/C28H17.CH3.Y/c1-17-15-19-14-13-18-7-6-12-24-26(18)27(19)25(16-17)28(24)22-10-4-2-8-20(22)21-9-3-5-11-23(21)28;;/h2-16H,1H2;1H3;/q2*-1;. The van der Waals surface area contributed by atoms with E-state index >= 15 is 0 Å². The van der Waals surface area contributed by atoms with Gasteiger partial charge in [0.25, 0.3) is 0 Å². The van der Waals surface area contributed by atoms with Crippen LogP contribution in [0, 0.1) is 14.4 Å². The van der Waals surface area contributed by atoms with Crippen LogP contribution in [0.4, 0.5) is 0 Å². The smallest absolute Gasteiger partial charge is 0.0614 e. The van der Waals surface area contributed by atoms with Crippen molar-refractivity contribution in [1.29, 1.82) is 0 Å². The molecule has 0 unspecified atom stereocenters. The molecule has 0 bridgehead atoms. The van der Waals surface area contributed by atoms with Crippen LogP contribution in [0.5, 0.6) is 0 Å². The summed E-state index contributed by atoms with van der Waals surface area (Å²) in [5.41, 5.74) is 9.13. The molecule has 30 heavy (non-hydrogen) atoms. The monoisotopic (exact) mass is 457 g/mol. The zero-order valence-electron chi connectivity index (χ0n) is 16.9. The van der Waals surface area contributed by atoms with Crippen molar-refractivity contribution in [2.75, 3.05) is 0 Å². The van der Waals surface area contributed by atoms with Crippen LogP contribution < -0.4 is 0 Å².